The van der Waals surface area contributed by atoms with E-state index in [-0.39, 0.29) is 17.4 Å². The Labute approximate surface area is 179 Å². The number of amides is 1. The summed E-state index contributed by atoms with van der Waals surface area (Å²) in [6.07, 6.45) is 10.4. The van der Waals surface area contributed by atoms with E-state index in [1.165, 1.54) is 38.5 Å². The lowest BCUT2D eigenvalue weighted by molar-refractivity contribution is -0.132. The molecule has 5 aliphatic rings. The van der Waals surface area contributed by atoms with Gasteiger partial charge in [0, 0.05) is 25.1 Å². The van der Waals surface area contributed by atoms with Gasteiger partial charge in [-0.2, -0.15) is 0 Å². The molecule has 6 rings (SSSR count). The van der Waals surface area contributed by atoms with E-state index < -0.39 is 0 Å². The van der Waals surface area contributed by atoms with Crippen LogP contribution in [0.2, 0.25) is 0 Å². The Hall–Kier alpha value is -1.69. The van der Waals surface area contributed by atoms with E-state index in [9.17, 15) is 9.90 Å². The normalized spacial score (nSPS) is 32.9. The van der Waals surface area contributed by atoms with Gasteiger partial charge in [-0.25, -0.2) is 9.97 Å². The molecule has 1 amide bonds. The van der Waals surface area contributed by atoms with Gasteiger partial charge in [0.05, 0.1) is 18.3 Å². The smallest absolute Gasteiger partial charge is 0.223 e. The molecule has 1 atom stereocenters. The molecule has 1 aliphatic heterocycles. The number of rotatable bonds is 6. The zero-order chi connectivity index (χ0) is 20.9. The van der Waals surface area contributed by atoms with Crippen LogP contribution in [0.5, 0.6) is 0 Å². The summed E-state index contributed by atoms with van der Waals surface area (Å²) in [6, 6.07) is 0. The molecular weight excluding hydrogens is 376 g/mol. The Balaban J connectivity index is 1.24. The number of hydrogen-bond donors (Lipinski definition) is 2. The summed E-state index contributed by atoms with van der Waals surface area (Å²) >= 11 is 0. The van der Waals surface area contributed by atoms with Gasteiger partial charge in [-0.1, -0.05) is 13.8 Å². The highest BCUT2D eigenvalue weighted by Gasteiger charge is 2.53. The fourth-order valence-corrected chi connectivity index (χ4v) is 7.19. The fraction of sp³-hybridized carbons (Fsp3) is 0.792. The zero-order valence-corrected chi connectivity index (χ0v) is 18.4. The molecule has 1 unspecified atom stereocenters. The molecule has 2 N–H and O–H groups in total. The molecule has 6 nitrogen and oxygen atoms in total. The van der Waals surface area contributed by atoms with Crippen LogP contribution in [-0.4, -0.2) is 45.1 Å². The summed E-state index contributed by atoms with van der Waals surface area (Å²) in [5.74, 6) is 3.94. The molecule has 0 spiro atoms. The Morgan fingerprint density at radius 1 is 1.20 bits per heavy atom. The Bertz CT molecular complexity index is 773. The van der Waals surface area contributed by atoms with Crippen LogP contribution in [0.4, 0.5) is 5.82 Å². The first kappa shape index (κ1) is 20.2. The Kier molecular flexibility index (Phi) is 5.24. The van der Waals surface area contributed by atoms with Crippen molar-refractivity contribution in [2.24, 2.45) is 29.1 Å². The van der Waals surface area contributed by atoms with Gasteiger partial charge in [-0.3, -0.25) is 4.79 Å². The van der Waals surface area contributed by atoms with Crippen molar-refractivity contribution in [3.8, 4) is 0 Å². The molecule has 4 bridgehead atoms. The van der Waals surface area contributed by atoms with E-state index in [1.807, 2.05) is 4.90 Å². The summed E-state index contributed by atoms with van der Waals surface area (Å²) in [4.78, 5) is 23.3. The minimum absolute atomic E-state index is 0.120. The van der Waals surface area contributed by atoms with Gasteiger partial charge >= 0.3 is 0 Å². The highest BCUT2D eigenvalue weighted by molar-refractivity contribution is 5.76. The van der Waals surface area contributed by atoms with Crippen LogP contribution in [0.3, 0.4) is 0 Å². The van der Waals surface area contributed by atoms with Crippen molar-refractivity contribution in [3.05, 3.63) is 17.6 Å². The molecule has 4 saturated carbocycles. The monoisotopic (exact) mass is 412 g/mol. The lowest BCUT2D eigenvalue weighted by atomic mass is 9.48. The average Bonchev–Trinajstić information content (AvgIpc) is 2.70. The van der Waals surface area contributed by atoms with E-state index in [2.05, 4.69) is 29.1 Å². The maximum absolute atomic E-state index is 12.5. The van der Waals surface area contributed by atoms with Crippen molar-refractivity contribution in [3.63, 3.8) is 0 Å². The van der Waals surface area contributed by atoms with E-state index in [0.29, 0.717) is 25.4 Å². The minimum atomic E-state index is -0.316. The van der Waals surface area contributed by atoms with E-state index in [0.717, 1.165) is 47.8 Å². The molecular formula is C24H36N4O2. The van der Waals surface area contributed by atoms with Gasteiger partial charge in [0.25, 0.3) is 0 Å². The van der Waals surface area contributed by atoms with Crippen LogP contribution in [0.1, 0.15) is 70.1 Å². The predicted molar refractivity (Wildman–Crippen MR) is 116 cm³/mol. The van der Waals surface area contributed by atoms with Crippen molar-refractivity contribution >= 4 is 11.7 Å². The number of carbonyl (C=O) groups excluding carboxylic acids is 1. The predicted octanol–water partition coefficient (Wildman–Crippen LogP) is 3.40. The number of aliphatic hydroxyl groups excluding tert-OH is 1. The molecule has 1 aromatic heterocycles. The Morgan fingerprint density at radius 2 is 1.87 bits per heavy atom. The van der Waals surface area contributed by atoms with Gasteiger partial charge in [0.2, 0.25) is 5.91 Å². The summed E-state index contributed by atoms with van der Waals surface area (Å²) in [5, 5.41) is 14.7. The average molecular weight is 413 g/mol. The molecule has 0 radical (unpaired) electrons. The van der Waals surface area contributed by atoms with Gasteiger partial charge in [0.15, 0.2) is 0 Å². The molecule has 4 fully saturated rings. The van der Waals surface area contributed by atoms with Crippen molar-refractivity contribution in [2.45, 2.75) is 77.9 Å². The number of aliphatic hydroxyl groups is 1. The van der Waals surface area contributed by atoms with E-state index >= 15 is 0 Å². The van der Waals surface area contributed by atoms with Gasteiger partial charge < -0.3 is 15.3 Å². The van der Waals surface area contributed by atoms with Gasteiger partial charge in [0.1, 0.15) is 12.1 Å². The first-order valence-electron chi connectivity index (χ1n) is 11.9. The minimum Gasteiger partial charge on any atom is -0.391 e. The van der Waals surface area contributed by atoms with Crippen LogP contribution in [0.15, 0.2) is 6.33 Å². The SMILES string of the molecule is CC(C)CC(=O)N1CCc2c(ncnc2NCC(O)C23CC4CC(CC(C4)C2)C3)C1. The maximum atomic E-state index is 12.5. The summed E-state index contributed by atoms with van der Waals surface area (Å²) in [6.45, 7) is 6.00. The lowest BCUT2D eigenvalue weighted by Gasteiger charge is -2.58. The Morgan fingerprint density at radius 3 is 2.50 bits per heavy atom. The third kappa shape index (κ3) is 3.72. The molecule has 2 heterocycles. The number of nitrogens with one attached hydrogen (secondary N) is 1. The number of aromatic nitrogens is 2. The van der Waals surface area contributed by atoms with Crippen LogP contribution in [0, 0.1) is 29.1 Å². The first-order chi connectivity index (χ1) is 14.4. The second-order valence-electron chi connectivity index (χ2n) is 11.0. The molecule has 0 saturated heterocycles. The number of nitrogens with zero attached hydrogens (tertiary/aromatic N) is 3. The van der Waals surface area contributed by atoms with E-state index in [4.69, 9.17) is 0 Å². The van der Waals surface area contributed by atoms with Crippen molar-refractivity contribution in [1.29, 1.82) is 0 Å². The molecule has 30 heavy (non-hydrogen) atoms. The third-order valence-corrected chi connectivity index (χ3v) is 8.20. The maximum Gasteiger partial charge on any atom is 0.223 e. The van der Waals surface area contributed by atoms with Gasteiger partial charge in [-0.05, 0) is 74.0 Å². The summed E-state index contributed by atoms with van der Waals surface area (Å²) in [5.41, 5.74) is 2.18. The van der Waals surface area contributed by atoms with Gasteiger partial charge in [-0.15, -0.1) is 0 Å². The summed E-state index contributed by atoms with van der Waals surface area (Å²) in [7, 11) is 0. The molecule has 164 valence electrons. The summed E-state index contributed by atoms with van der Waals surface area (Å²) < 4.78 is 0. The number of carbonyl (C=O) groups is 1. The number of fused-ring (bicyclic) bond motifs is 1. The standard InChI is InChI=1S/C24H36N4O2/c1-15(2)5-22(30)28-4-3-19-20(13-28)26-14-27-23(19)25-12-21(29)24-9-16-6-17(10-24)8-18(7-16)11-24/h14-18,21,29H,3-13H2,1-2H3,(H,25,26,27). The first-order valence-corrected chi connectivity index (χ1v) is 11.9. The van der Waals surface area contributed by atoms with Crippen LogP contribution in [0.25, 0.3) is 0 Å². The number of anilines is 1. The molecule has 4 aliphatic carbocycles. The highest BCUT2D eigenvalue weighted by atomic mass is 16.3. The van der Waals surface area contributed by atoms with Crippen molar-refractivity contribution in [2.75, 3.05) is 18.4 Å². The second-order valence-corrected chi connectivity index (χ2v) is 11.0. The number of hydrogen-bond acceptors (Lipinski definition) is 5. The highest BCUT2D eigenvalue weighted by Crippen LogP contribution is 2.61. The largest absolute Gasteiger partial charge is 0.391 e. The molecule has 1 aromatic rings. The molecule has 6 heteroatoms. The topological polar surface area (TPSA) is 78.4 Å². The van der Waals surface area contributed by atoms with Crippen molar-refractivity contribution < 1.29 is 9.90 Å². The van der Waals surface area contributed by atoms with Crippen LogP contribution in [-0.2, 0) is 17.8 Å². The van der Waals surface area contributed by atoms with Crippen LogP contribution < -0.4 is 5.32 Å². The van der Waals surface area contributed by atoms with E-state index in [1.54, 1.807) is 6.33 Å². The second kappa shape index (κ2) is 7.77. The zero-order valence-electron chi connectivity index (χ0n) is 18.4. The van der Waals surface area contributed by atoms with Crippen molar-refractivity contribution in [1.82, 2.24) is 14.9 Å². The fourth-order valence-electron chi connectivity index (χ4n) is 7.19. The quantitative estimate of drug-likeness (QED) is 0.749. The third-order valence-electron chi connectivity index (χ3n) is 8.20. The molecule has 0 aromatic carbocycles. The lowest BCUT2D eigenvalue weighted by Crippen LogP contribution is -2.53. The van der Waals surface area contributed by atoms with Crippen LogP contribution >= 0.6 is 0 Å².